The highest BCUT2D eigenvalue weighted by atomic mass is 32.2. The third kappa shape index (κ3) is 7.14. The van der Waals surface area contributed by atoms with E-state index in [2.05, 4.69) is 28.5 Å². The van der Waals surface area contributed by atoms with Crippen molar-refractivity contribution in [2.75, 3.05) is 38.6 Å². The first kappa shape index (κ1) is 28.5. The maximum atomic E-state index is 13.5. The van der Waals surface area contributed by atoms with Crippen molar-refractivity contribution in [3.8, 4) is 5.75 Å². The van der Waals surface area contributed by atoms with Crippen molar-refractivity contribution in [2.45, 2.75) is 37.4 Å². The molecular weight excluding hydrogens is 516 g/mol. The number of sulfonamides is 1. The van der Waals surface area contributed by atoms with Crippen molar-refractivity contribution in [2.24, 2.45) is 5.92 Å². The van der Waals surface area contributed by atoms with Gasteiger partial charge in [0.1, 0.15) is 12.4 Å². The number of carbonyl (C=O) groups is 1. The Hall–Kier alpha value is -3.47. The summed E-state index contributed by atoms with van der Waals surface area (Å²) in [5.41, 5.74) is 1.61. The van der Waals surface area contributed by atoms with Crippen molar-refractivity contribution in [3.63, 3.8) is 0 Å². The molecule has 0 bridgehead atoms. The van der Waals surface area contributed by atoms with Crippen molar-refractivity contribution in [1.82, 2.24) is 14.8 Å². The lowest BCUT2D eigenvalue weighted by Crippen LogP contribution is -2.46. The Morgan fingerprint density at radius 2 is 1.79 bits per heavy atom. The van der Waals surface area contributed by atoms with Crippen LogP contribution in [-0.2, 0) is 21.3 Å². The monoisotopic (exact) mass is 552 g/mol. The molecule has 1 amide bonds. The van der Waals surface area contributed by atoms with Gasteiger partial charge in [-0.3, -0.25) is 19.4 Å². The van der Waals surface area contributed by atoms with Crippen molar-refractivity contribution in [3.05, 3.63) is 84.2 Å². The van der Waals surface area contributed by atoms with Gasteiger partial charge in [0.25, 0.3) is 15.9 Å². The summed E-state index contributed by atoms with van der Waals surface area (Å²) < 4.78 is 40.5. The van der Waals surface area contributed by atoms with E-state index < -0.39 is 10.0 Å². The van der Waals surface area contributed by atoms with Crippen LogP contribution in [0.2, 0.25) is 0 Å². The molecule has 3 atom stereocenters. The Morgan fingerprint density at radius 1 is 1.05 bits per heavy atom. The van der Waals surface area contributed by atoms with Gasteiger partial charge >= 0.3 is 0 Å². The molecule has 1 aromatic heterocycles. The van der Waals surface area contributed by atoms with E-state index in [0.717, 1.165) is 5.69 Å². The number of nitrogens with zero attached hydrogens (tertiary/aromatic N) is 3. The predicted molar refractivity (Wildman–Crippen MR) is 150 cm³/mol. The molecule has 0 fully saturated rings. The first-order chi connectivity index (χ1) is 18.7. The SMILES string of the molecule is CO[C@H]1CN(C)C(=O)c2ccc(NS(=O)(=O)c3ccccc3)cc2OC[C@H](C)N(Cc2ccccn2)C[C@H]1C. The molecule has 2 aromatic carbocycles. The molecule has 1 aliphatic rings. The maximum absolute atomic E-state index is 13.5. The highest BCUT2D eigenvalue weighted by Crippen LogP contribution is 2.28. The van der Waals surface area contributed by atoms with Crippen LogP contribution in [0.4, 0.5) is 5.69 Å². The van der Waals surface area contributed by atoms with Gasteiger partial charge in [0.2, 0.25) is 0 Å². The van der Waals surface area contributed by atoms with E-state index in [4.69, 9.17) is 9.47 Å². The zero-order valence-electron chi connectivity index (χ0n) is 22.8. The molecule has 208 valence electrons. The normalized spacial score (nSPS) is 21.3. The second kappa shape index (κ2) is 12.6. The Labute approximate surface area is 230 Å². The van der Waals surface area contributed by atoms with Crippen LogP contribution in [0.1, 0.15) is 29.9 Å². The van der Waals surface area contributed by atoms with Crippen molar-refractivity contribution >= 4 is 21.6 Å². The minimum Gasteiger partial charge on any atom is -0.491 e. The third-order valence-electron chi connectivity index (χ3n) is 6.97. The van der Waals surface area contributed by atoms with Gasteiger partial charge in [0.05, 0.1) is 27.9 Å². The summed E-state index contributed by atoms with van der Waals surface area (Å²) in [6.45, 7) is 6.21. The fourth-order valence-corrected chi connectivity index (χ4v) is 5.71. The topological polar surface area (TPSA) is 101 Å². The smallest absolute Gasteiger partial charge is 0.261 e. The summed E-state index contributed by atoms with van der Waals surface area (Å²) in [4.78, 5) is 22.0. The van der Waals surface area contributed by atoms with E-state index >= 15 is 0 Å². The molecule has 3 aromatic rings. The Balaban J connectivity index is 1.66. The lowest BCUT2D eigenvalue weighted by atomic mass is 10.0. The lowest BCUT2D eigenvalue weighted by Gasteiger charge is -2.35. The Bertz CT molecular complexity index is 1350. The minimum absolute atomic E-state index is 0.0308. The van der Waals surface area contributed by atoms with Crippen LogP contribution in [0.15, 0.2) is 77.8 Å². The molecule has 10 heteroatoms. The van der Waals surface area contributed by atoms with E-state index in [-0.39, 0.29) is 35.5 Å². The van der Waals surface area contributed by atoms with E-state index in [1.165, 1.54) is 12.1 Å². The third-order valence-corrected chi connectivity index (χ3v) is 8.37. The van der Waals surface area contributed by atoms with Crippen molar-refractivity contribution < 1.29 is 22.7 Å². The number of hydrogen-bond donors (Lipinski definition) is 1. The highest BCUT2D eigenvalue weighted by molar-refractivity contribution is 7.92. The second-order valence-electron chi connectivity index (χ2n) is 9.98. The summed E-state index contributed by atoms with van der Waals surface area (Å²) in [7, 11) is -0.408. The lowest BCUT2D eigenvalue weighted by molar-refractivity contribution is 0.00901. The minimum atomic E-state index is -3.81. The van der Waals surface area contributed by atoms with E-state index in [1.54, 1.807) is 61.7 Å². The standard InChI is InChI=1S/C29H36N4O5S/c1-21-17-33(18-24-10-8-9-15-30-24)22(2)20-38-27-16-23(31-39(35,36)25-11-6-5-7-12-25)13-14-26(27)29(34)32(3)19-28(21)37-4/h5-16,21-22,28,31H,17-20H2,1-4H3/t21-,22+,28+/m1/s1. The van der Waals surface area contributed by atoms with Gasteiger partial charge in [0, 0.05) is 52.1 Å². The first-order valence-electron chi connectivity index (χ1n) is 12.9. The number of nitrogens with one attached hydrogen (secondary N) is 1. The maximum Gasteiger partial charge on any atom is 0.261 e. The van der Waals surface area contributed by atoms with Crippen LogP contribution >= 0.6 is 0 Å². The van der Waals surface area contributed by atoms with Crippen molar-refractivity contribution in [1.29, 1.82) is 0 Å². The van der Waals surface area contributed by atoms with Gasteiger partial charge in [-0.05, 0) is 49.2 Å². The van der Waals surface area contributed by atoms with Gasteiger partial charge in [-0.15, -0.1) is 0 Å². The van der Waals surface area contributed by atoms with Crippen LogP contribution in [0, 0.1) is 5.92 Å². The van der Waals surface area contributed by atoms with Crippen LogP contribution in [0.5, 0.6) is 5.75 Å². The Kier molecular flexibility index (Phi) is 9.21. The van der Waals surface area contributed by atoms with Gasteiger partial charge in [0.15, 0.2) is 0 Å². The van der Waals surface area contributed by atoms with Crippen LogP contribution < -0.4 is 9.46 Å². The fraction of sp³-hybridized carbons (Fsp3) is 0.379. The molecule has 39 heavy (non-hydrogen) atoms. The van der Waals surface area contributed by atoms with Crippen LogP contribution in [0.3, 0.4) is 0 Å². The largest absolute Gasteiger partial charge is 0.491 e. The number of hydrogen-bond acceptors (Lipinski definition) is 7. The van der Waals surface area contributed by atoms with Gasteiger partial charge in [-0.25, -0.2) is 8.42 Å². The van der Waals surface area contributed by atoms with E-state index in [0.29, 0.717) is 36.6 Å². The number of pyridine rings is 1. The summed E-state index contributed by atoms with van der Waals surface area (Å²) >= 11 is 0. The molecule has 2 heterocycles. The summed E-state index contributed by atoms with van der Waals surface area (Å²) in [5.74, 6) is 0.215. The molecule has 0 saturated carbocycles. The summed E-state index contributed by atoms with van der Waals surface area (Å²) in [5, 5.41) is 0. The fourth-order valence-electron chi connectivity index (χ4n) is 4.64. The van der Waals surface area contributed by atoms with Crippen LogP contribution in [0.25, 0.3) is 0 Å². The number of ether oxygens (including phenoxy) is 2. The molecule has 0 radical (unpaired) electrons. The number of rotatable bonds is 6. The van der Waals surface area contributed by atoms with Gasteiger partial charge < -0.3 is 14.4 Å². The molecule has 0 unspecified atom stereocenters. The quantitative estimate of drug-likeness (QED) is 0.495. The molecule has 9 nitrogen and oxygen atoms in total. The number of anilines is 1. The number of methoxy groups -OCH3 is 1. The number of fused-ring (bicyclic) bond motifs is 1. The Morgan fingerprint density at radius 3 is 2.49 bits per heavy atom. The number of carbonyl (C=O) groups excluding carboxylic acids is 1. The molecule has 4 rings (SSSR count). The summed E-state index contributed by atoms with van der Waals surface area (Å²) in [6, 6.07) is 18.7. The second-order valence-corrected chi connectivity index (χ2v) is 11.7. The molecule has 0 spiro atoms. The number of benzene rings is 2. The number of amides is 1. The average molecular weight is 553 g/mol. The van der Waals surface area contributed by atoms with Gasteiger partial charge in [-0.2, -0.15) is 0 Å². The highest BCUT2D eigenvalue weighted by Gasteiger charge is 2.29. The first-order valence-corrected chi connectivity index (χ1v) is 14.4. The van der Waals surface area contributed by atoms with E-state index in [9.17, 15) is 13.2 Å². The molecule has 1 N–H and O–H groups in total. The zero-order valence-corrected chi connectivity index (χ0v) is 23.6. The molecule has 0 saturated heterocycles. The average Bonchev–Trinajstić information content (AvgIpc) is 2.94. The zero-order chi connectivity index (χ0) is 28.0. The van der Waals surface area contributed by atoms with Gasteiger partial charge in [-0.1, -0.05) is 31.2 Å². The predicted octanol–water partition coefficient (Wildman–Crippen LogP) is 3.89. The number of aromatic nitrogens is 1. The van der Waals surface area contributed by atoms with E-state index in [1.807, 2.05) is 18.2 Å². The summed E-state index contributed by atoms with van der Waals surface area (Å²) in [6.07, 6.45) is 1.60. The molecule has 1 aliphatic heterocycles. The van der Waals surface area contributed by atoms with Crippen LogP contribution in [-0.4, -0.2) is 75.1 Å². The number of likely N-dealkylation sites (N-methyl/N-ethyl adjacent to an activating group) is 1. The molecule has 0 aliphatic carbocycles. The molecular formula is C29H36N4O5S.